The van der Waals surface area contributed by atoms with Crippen molar-refractivity contribution in [1.82, 2.24) is 5.32 Å². The maximum atomic E-state index is 11.9. The molecule has 1 atom stereocenters. The average molecular weight is 336 g/mol. The second-order valence-corrected chi connectivity index (χ2v) is 6.27. The van der Waals surface area contributed by atoms with Crippen LogP contribution in [-0.4, -0.2) is 19.6 Å². The zero-order chi connectivity index (χ0) is 16.0. The van der Waals surface area contributed by atoms with Gasteiger partial charge in [0, 0.05) is 18.2 Å². The van der Waals surface area contributed by atoms with E-state index < -0.39 is 5.60 Å². The number of ether oxygens (including phenoxy) is 1. The van der Waals surface area contributed by atoms with Crippen molar-refractivity contribution >= 4 is 34.9 Å². The van der Waals surface area contributed by atoms with Crippen LogP contribution in [0.3, 0.4) is 0 Å². The minimum atomic E-state index is -0.628. The maximum absolute atomic E-state index is 11.9. The zero-order valence-corrected chi connectivity index (χ0v) is 14.1. The van der Waals surface area contributed by atoms with Crippen molar-refractivity contribution in [1.29, 1.82) is 0 Å². The average Bonchev–Trinajstić information content (AvgIpc) is 3.04. The maximum Gasteiger partial charge on any atom is 0.244 e. The molecule has 0 spiro atoms. The van der Waals surface area contributed by atoms with Crippen molar-refractivity contribution in [2.45, 2.75) is 12.5 Å². The van der Waals surface area contributed by atoms with Gasteiger partial charge in [0.15, 0.2) is 0 Å². The molecule has 0 bridgehead atoms. The highest BCUT2D eigenvalue weighted by molar-refractivity contribution is 7.08. The summed E-state index contributed by atoms with van der Waals surface area (Å²) in [5.74, 6) is -0.156. The molecule has 0 aliphatic heterocycles. The second kappa shape index (κ2) is 7.58. The molecule has 1 aromatic heterocycles. The molecule has 2 aromatic rings. The minimum Gasteiger partial charge on any atom is -0.372 e. The number of nitrogens with one attached hydrogen (secondary N) is 1. The first-order valence-electron chi connectivity index (χ1n) is 6.83. The summed E-state index contributed by atoms with van der Waals surface area (Å²) in [6.45, 7) is 2.28. The fourth-order valence-electron chi connectivity index (χ4n) is 1.97. The third-order valence-corrected chi connectivity index (χ3v) is 4.39. The van der Waals surface area contributed by atoms with Crippen LogP contribution >= 0.6 is 22.9 Å². The predicted molar refractivity (Wildman–Crippen MR) is 92.2 cm³/mol. The fourth-order valence-corrected chi connectivity index (χ4v) is 2.78. The monoisotopic (exact) mass is 335 g/mol. The summed E-state index contributed by atoms with van der Waals surface area (Å²) in [4.78, 5) is 11.9. The van der Waals surface area contributed by atoms with Crippen molar-refractivity contribution in [2.24, 2.45) is 0 Å². The van der Waals surface area contributed by atoms with Crippen LogP contribution in [0.15, 0.2) is 47.2 Å². The van der Waals surface area contributed by atoms with Gasteiger partial charge in [0.2, 0.25) is 5.91 Å². The van der Waals surface area contributed by atoms with Crippen molar-refractivity contribution < 1.29 is 9.53 Å². The Morgan fingerprint density at radius 2 is 2.27 bits per heavy atom. The van der Waals surface area contributed by atoms with Gasteiger partial charge in [0.05, 0.1) is 6.54 Å². The number of halogens is 1. The Kier molecular flexibility index (Phi) is 5.77. The summed E-state index contributed by atoms with van der Waals surface area (Å²) in [6.07, 6.45) is 3.31. The van der Waals surface area contributed by atoms with Gasteiger partial charge in [-0.3, -0.25) is 4.79 Å². The Bertz CT molecular complexity index is 654. The minimum absolute atomic E-state index is 0.156. The van der Waals surface area contributed by atoms with Gasteiger partial charge in [-0.1, -0.05) is 23.7 Å². The number of amides is 1. The highest BCUT2D eigenvalue weighted by atomic mass is 35.5. The van der Waals surface area contributed by atoms with E-state index in [0.717, 1.165) is 11.1 Å². The van der Waals surface area contributed by atoms with Gasteiger partial charge in [-0.25, -0.2) is 0 Å². The summed E-state index contributed by atoms with van der Waals surface area (Å²) in [5.41, 5.74) is 1.31. The summed E-state index contributed by atoms with van der Waals surface area (Å²) >= 11 is 7.62. The van der Waals surface area contributed by atoms with Crippen LogP contribution in [0.5, 0.6) is 0 Å². The predicted octanol–water partition coefficient (Wildman–Crippen LogP) is 4.09. The molecular weight excluding hydrogens is 318 g/mol. The summed E-state index contributed by atoms with van der Waals surface area (Å²) < 4.78 is 5.58. The third kappa shape index (κ3) is 4.44. The number of benzene rings is 1. The molecule has 1 N–H and O–H groups in total. The Morgan fingerprint density at radius 1 is 1.45 bits per heavy atom. The fraction of sp³-hybridized carbons (Fsp3) is 0.235. The van der Waals surface area contributed by atoms with E-state index in [-0.39, 0.29) is 5.91 Å². The zero-order valence-electron chi connectivity index (χ0n) is 12.5. The third-order valence-electron chi connectivity index (χ3n) is 3.46. The first kappa shape index (κ1) is 16.7. The number of carbonyl (C=O) groups excluding carboxylic acids is 1. The van der Waals surface area contributed by atoms with Crippen LogP contribution in [0, 0.1) is 0 Å². The molecule has 1 amide bonds. The van der Waals surface area contributed by atoms with Gasteiger partial charge in [-0.15, -0.1) is 0 Å². The Labute approximate surface area is 139 Å². The molecule has 1 aromatic carbocycles. The molecule has 0 fully saturated rings. The first-order valence-corrected chi connectivity index (χ1v) is 8.15. The second-order valence-electron chi connectivity index (χ2n) is 5.05. The molecule has 0 aliphatic carbocycles. The molecule has 0 saturated heterocycles. The van der Waals surface area contributed by atoms with Gasteiger partial charge in [-0.2, -0.15) is 11.3 Å². The molecule has 0 unspecified atom stereocenters. The lowest BCUT2D eigenvalue weighted by Gasteiger charge is -2.29. The van der Waals surface area contributed by atoms with E-state index in [2.05, 4.69) is 5.32 Å². The molecule has 0 radical (unpaired) electrons. The number of methoxy groups -OCH3 is 1. The van der Waals surface area contributed by atoms with Crippen LogP contribution in [-0.2, 0) is 15.1 Å². The van der Waals surface area contributed by atoms with Crippen molar-refractivity contribution in [3.05, 3.63) is 63.3 Å². The van der Waals surface area contributed by atoms with Crippen LogP contribution in [0.1, 0.15) is 18.1 Å². The molecular formula is C17H18ClNO2S. The number of thiophene rings is 1. The highest BCUT2D eigenvalue weighted by Gasteiger charge is 2.26. The lowest BCUT2D eigenvalue weighted by molar-refractivity contribution is -0.118. The first-order chi connectivity index (χ1) is 10.5. The van der Waals surface area contributed by atoms with E-state index in [1.165, 1.54) is 6.08 Å². The molecule has 22 heavy (non-hydrogen) atoms. The van der Waals surface area contributed by atoms with Gasteiger partial charge in [0.25, 0.3) is 0 Å². The number of hydrogen-bond acceptors (Lipinski definition) is 3. The summed E-state index contributed by atoms with van der Waals surface area (Å²) in [7, 11) is 1.62. The standard InChI is InChI=1S/C17H18ClNO2S/c1-17(21-2,14-4-3-5-15(18)10-14)12-19-16(20)7-6-13-8-9-22-11-13/h3-11H,12H2,1-2H3,(H,19,20)/b7-6+/t17-/m0/s1. The van der Waals surface area contributed by atoms with Crippen LogP contribution in [0.25, 0.3) is 6.08 Å². The number of carbonyl (C=O) groups is 1. The number of hydrogen-bond donors (Lipinski definition) is 1. The Hall–Kier alpha value is -1.62. The van der Waals surface area contributed by atoms with Crippen molar-refractivity contribution in [3.8, 4) is 0 Å². The SMILES string of the molecule is CO[C@@](C)(CNC(=O)/C=C/c1ccsc1)c1cccc(Cl)c1. The molecule has 3 nitrogen and oxygen atoms in total. The topological polar surface area (TPSA) is 38.3 Å². The lowest BCUT2D eigenvalue weighted by Crippen LogP contribution is -2.39. The van der Waals surface area contributed by atoms with Crippen LogP contribution < -0.4 is 5.32 Å². The Balaban J connectivity index is 1.99. The molecule has 1 heterocycles. The van der Waals surface area contributed by atoms with E-state index >= 15 is 0 Å². The molecule has 0 aliphatic rings. The molecule has 5 heteroatoms. The summed E-state index contributed by atoms with van der Waals surface area (Å²) in [5, 5.41) is 7.46. The van der Waals surface area contributed by atoms with E-state index in [1.54, 1.807) is 24.5 Å². The normalized spacial score (nSPS) is 14.0. The van der Waals surface area contributed by atoms with E-state index in [0.29, 0.717) is 11.6 Å². The quantitative estimate of drug-likeness (QED) is 0.807. The van der Waals surface area contributed by atoms with Gasteiger partial charge >= 0.3 is 0 Å². The van der Waals surface area contributed by atoms with Crippen LogP contribution in [0.4, 0.5) is 0 Å². The van der Waals surface area contributed by atoms with E-state index in [4.69, 9.17) is 16.3 Å². The van der Waals surface area contributed by atoms with Gasteiger partial charge < -0.3 is 10.1 Å². The lowest BCUT2D eigenvalue weighted by atomic mass is 9.95. The van der Waals surface area contributed by atoms with Crippen molar-refractivity contribution in [3.63, 3.8) is 0 Å². The summed E-state index contributed by atoms with van der Waals surface area (Å²) in [6, 6.07) is 9.41. The van der Waals surface area contributed by atoms with E-state index in [9.17, 15) is 4.79 Å². The largest absolute Gasteiger partial charge is 0.372 e. The van der Waals surface area contributed by atoms with Crippen molar-refractivity contribution in [2.75, 3.05) is 13.7 Å². The molecule has 116 valence electrons. The van der Waals surface area contributed by atoms with E-state index in [1.807, 2.05) is 48.0 Å². The van der Waals surface area contributed by atoms with Crippen LogP contribution in [0.2, 0.25) is 5.02 Å². The van der Waals surface area contributed by atoms with Gasteiger partial charge in [0.1, 0.15) is 5.60 Å². The number of rotatable bonds is 6. The molecule has 2 rings (SSSR count). The Morgan fingerprint density at radius 3 is 2.91 bits per heavy atom. The van der Waals surface area contributed by atoms with Gasteiger partial charge in [-0.05, 0) is 53.1 Å². The smallest absolute Gasteiger partial charge is 0.244 e. The highest BCUT2D eigenvalue weighted by Crippen LogP contribution is 2.26. The molecule has 0 saturated carbocycles.